The van der Waals surface area contributed by atoms with Crippen molar-refractivity contribution < 1.29 is 23.8 Å². The zero-order valence-electron chi connectivity index (χ0n) is 15.8. The van der Waals surface area contributed by atoms with Crippen molar-refractivity contribution in [3.05, 3.63) is 78.1 Å². The van der Waals surface area contributed by atoms with Gasteiger partial charge >= 0.3 is 0 Å². The summed E-state index contributed by atoms with van der Waals surface area (Å²) in [6.07, 6.45) is 3.21. The van der Waals surface area contributed by atoms with Gasteiger partial charge in [-0.15, -0.1) is 0 Å². The molecule has 0 atom stereocenters. The Morgan fingerprint density at radius 1 is 0.759 bits per heavy atom. The molecule has 8 nitrogen and oxygen atoms in total. The van der Waals surface area contributed by atoms with Gasteiger partial charge in [0, 0.05) is 23.5 Å². The second-order valence-corrected chi connectivity index (χ2v) is 5.79. The monoisotopic (exact) mass is 393 g/mol. The minimum atomic E-state index is -0.497. The van der Waals surface area contributed by atoms with Crippen LogP contribution in [0.2, 0.25) is 0 Å². The normalized spacial score (nSPS) is 10.0. The predicted octanol–water partition coefficient (Wildman–Crippen LogP) is 2.97. The highest BCUT2D eigenvalue weighted by atomic mass is 16.5. The number of pyridine rings is 1. The first-order chi connectivity index (χ1) is 14.1. The maximum Gasteiger partial charge on any atom is 0.269 e. The minimum absolute atomic E-state index is 0.303. The number of hydrogen-bond acceptors (Lipinski definition) is 6. The van der Waals surface area contributed by atoms with Crippen molar-refractivity contribution >= 4 is 11.8 Å². The van der Waals surface area contributed by atoms with Crippen LogP contribution in [0.4, 0.5) is 0 Å². The highest BCUT2D eigenvalue weighted by molar-refractivity contribution is 5.99. The molecule has 0 aliphatic carbocycles. The lowest BCUT2D eigenvalue weighted by Gasteiger charge is -2.11. The van der Waals surface area contributed by atoms with Crippen LogP contribution in [-0.2, 0) is 0 Å². The molecule has 3 aromatic rings. The third-order valence-corrected chi connectivity index (χ3v) is 3.92. The largest absolute Gasteiger partial charge is 0.493 e. The number of rotatable bonds is 6. The molecular weight excluding hydrogens is 374 g/mol. The predicted molar refractivity (Wildman–Crippen MR) is 105 cm³/mol. The highest BCUT2D eigenvalue weighted by Crippen LogP contribution is 2.27. The number of amides is 2. The van der Waals surface area contributed by atoms with Gasteiger partial charge in [0.15, 0.2) is 11.5 Å². The standard InChI is InChI=1S/C21H19N3O5/c1-27-18-7-6-15(13-19(18)28-2)21(26)24-23-20(25)14-4-3-5-17(12-14)29-16-8-10-22-11-9-16/h3-13H,1-2H3,(H,23,25)(H,24,26). The molecule has 3 rings (SSSR count). The number of ether oxygens (including phenoxy) is 3. The van der Waals surface area contributed by atoms with E-state index in [2.05, 4.69) is 15.8 Å². The average Bonchev–Trinajstić information content (AvgIpc) is 2.77. The van der Waals surface area contributed by atoms with Crippen molar-refractivity contribution in [2.24, 2.45) is 0 Å². The van der Waals surface area contributed by atoms with E-state index >= 15 is 0 Å². The smallest absolute Gasteiger partial charge is 0.269 e. The van der Waals surface area contributed by atoms with E-state index in [-0.39, 0.29) is 0 Å². The Bertz CT molecular complexity index is 1010. The molecule has 0 saturated carbocycles. The van der Waals surface area contributed by atoms with Crippen LogP contribution in [0.15, 0.2) is 67.0 Å². The third kappa shape index (κ3) is 5.01. The summed E-state index contributed by atoms with van der Waals surface area (Å²) in [4.78, 5) is 28.6. The Kier molecular flexibility index (Phi) is 6.26. The van der Waals surface area contributed by atoms with E-state index in [0.717, 1.165) is 0 Å². The van der Waals surface area contributed by atoms with Crippen LogP contribution in [0, 0.1) is 0 Å². The van der Waals surface area contributed by atoms with Gasteiger partial charge in [-0.2, -0.15) is 0 Å². The molecule has 1 heterocycles. The van der Waals surface area contributed by atoms with E-state index in [1.165, 1.54) is 20.3 Å². The summed E-state index contributed by atoms with van der Waals surface area (Å²) >= 11 is 0. The van der Waals surface area contributed by atoms with Gasteiger partial charge in [-0.25, -0.2) is 0 Å². The zero-order chi connectivity index (χ0) is 20.6. The van der Waals surface area contributed by atoms with Gasteiger partial charge in [0.1, 0.15) is 11.5 Å². The number of hydrazine groups is 1. The van der Waals surface area contributed by atoms with Crippen molar-refractivity contribution in [1.29, 1.82) is 0 Å². The van der Waals surface area contributed by atoms with E-state index in [1.807, 2.05) is 0 Å². The molecule has 0 aliphatic heterocycles. The van der Waals surface area contributed by atoms with Gasteiger partial charge in [0.2, 0.25) is 0 Å². The lowest BCUT2D eigenvalue weighted by molar-refractivity contribution is 0.0846. The summed E-state index contributed by atoms with van der Waals surface area (Å²) in [5, 5.41) is 0. The lowest BCUT2D eigenvalue weighted by atomic mass is 10.2. The lowest BCUT2D eigenvalue weighted by Crippen LogP contribution is -2.41. The first kappa shape index (κ1) is 19.7. The third-order valence-electron chi connectivity index (χ3n) is 3.92. The molecule has 0 unspecified atom stereocenters. The zero-order valence-corrected chi connectivity index (χ0v) is 15.8. The Hall–Kier alpha value is -4.07. The molecule has 0 saturated heterocycles. The minimum Gasteiger partial charge on any atom is -0.493 e. The van der Waals surface area contributed by atoms with Crippen molar-refractivity contribution in [3.63, 3.8) is 0 Å². The SMILES string of the molecule is COc1ccc(C(=O)NNC(=O)c2cccc(Oc3ccncc3)c2)cc1OC. The number of nitrogens with zero attached hydrogens (tertiary/aromatic N) is 1. The molecular formula is C21H19N3O5. The van der Waals surface area contributed by atoms with Crippen molar-refractivity contribution in [1.82, 2.24) is 15.8 Å². The van der Waals surface area contributed by atoms with E-state index < -0.39 is 11.8 Å². The highest BCUT2D eigenvalue weighted by Gasteiger charge is 2.13. The molecule has 0 aliphatic rings. The molecule has 148 valence electrons. The maximum atomic E-state index is 12.4. The molecule has 0 spiro atoms. The van der Waals surface area contributed by atoms with E-state index in [9.17, 15) is 9.59 Å². The number of carbonyl (C=O) groups is 2. The van der Waals surface area contributed by atoms with Crippen LogP contribution in [0.1, 0.15) is 20.7 Å². The summed E-state index contributed by atoms with van der Waals surface area (Å²) < 4.78 is 16.0. The number of benzene rings is 2. The fraction of sp³-hybridized carbons (Fsp3) is 0.0952. The van der Waals surface area contributed by atoms with Gasteiger partial charge in [0.25, 0.3) is 11.8 Å². The van der Waals surface area contributed by atoms with Gasteiger partial charge < -0.3 is 14.2 Å². The molecule has 29 heavy (non-hydrogen) atoms. The number of aromatic nitrogens is 1. The number of nitrogens with one attached hydrogen (secondary N) is 2. The quantitative estimate of drug-likeness (QED) is 0.625. The van der Waals surface area contributed by atoms with Crippen LogP contribution in [-0.4, -0.2) is 31.0 Å². The maximum absolute atomic E-state index is 12.4. The van der Waals surface area contributed by atoms with Gasteiger partial charge in [-0.1, -0.05) is 6.07 Å². The second-order valence-electron chi connectivity index (χ2n) is 5.79. The number of hydrogen-bond donors (Lipinski definition) is 2. The van der Waals surface area contributed by atoms with Crippen molar-refractivity contribution in [2.75, 3.05) is 14.2 Å². The summed E-state index contributed by atoms with van der Waals surface area (Å²) in [6, 6.07) is 14.7. The summed E-state index contributed by atoms with van der Waals surface area (Å²) in [5.41, 5.74) is 5.38. The number of carbonyl (C=O) groups excluding carboxylic acids is 2. The van der Waals surface area contributed by atoms with E-state index in [4.69, 9.17) is 14.2 Å². The van der Waals surface area contributed by atoms with Crippen LogP contribution in [0.25, 0.3) is 0 Å². The van der Waals surface area contributed by atoms with Crippen LogP contribution < -0.4 is 25.1 Å². The second kappa shape index (κ2) is 9.23. The Labute approximate surface area is 167 Å². The Morgan fingerprint density at radius 2 is 1.41 bits per heavy atom. The van der Waals surface area contributed by atoms with Crippen LogP contribution in [0.3, 0.4) is 0 Å². The molecule has 0 bridgehead atoms. The summed E-state index contributed by atoms with van der Waals surface area (Å²) in [5.74, 6) is 1.00. The van der Waals surface area contributed by atoms with Gasteiger partial charge in [-0.3, -0.25) is 25.4 Å². The van der Waals surface area contributed by atoms with E-state index in [1.54, 1.807) is 60.9 Å². The molecule has 0 fully saturated rings. The Balaban J connectivity index is 1.63. The Morgan fingerprint density at radius 3 is 2.07 bits per heavy atom. The summed E-state index contributed by atoms with van der Waals surface area (Å²) in [6.45, 7) is 0. The fourth-order valence-corrected chi connectivity index (χ4v) is 2.48. The topological polar surface area (TPSA) is 98.8 Å². The van der Waals surface area contributed by atoms with Crippen molar-refractivity contribution in [2.45, 2.75) is 0 Å². The van der Waals surface area contributed by atoms with Gasteiger partial charge in [-0.05, 0) is 48.5 Å². The first-order valence-corrected chi connectivity index (χ1v) is 8.61. The molecule has 8 heteroatoms. The first-order valence-electron chi connectivity index (χ1n) is 8.61. The molecule has 2 amide bonds. The molecule has 2 aromatic carbocycles. The van der Waals surface area contributed by atoms with E-state index in [0.29, 0.717) is 34.1 Å². The average molecular weight is 393 g/mol. The van der Waals surface area contributed by atoms with Crippen LogP contribution >= 0.6 is 0 Å². The van der Waals surface area contributed by atoms with Gasteiger partial charge in [0.05, 0.1) is 14.2 Å². The molecule has 1 aromatic heterocycles. The van der Waals surface area contributed by atoms with Crippen LogP contribution in [0.5, 0.6) is 23.0 Å². The molecule has 0 radical (unpaired) electrons. The summed E-state index contributed by atoms with van der Waals surface area (Å²) in [7, 11) is 2.98. The molecule has 2 N–H and O–H groups in total. The fourth-order valence-electron chi connectivity index (χ4n) is 2.48. The van der Waals surface area contributed by atoms with Crippen molar-refractivity contribution in [3.8, 4) is 23.0 Å². The number of methoxy groups -OCH3 is 2.